The van der Waals surface area contributed by atoms with Gasteiger partial charge < -0.3 is 19.5 Å². The third kappa shape index (κ3) is 6.12. The van der Waals surface area contributed by atoms with Crippen molar-refractivity contribution in [3.05, 3.63) is 59.9 Å². The Bertz CT molecular complexity index is 831. The molecule has 0 aliphatic carbocycles. The van der Waals surface area contributed by atoms with Crippen molar-refractivity contribution in [1.29, 1.82) is 0 Å². The van der Waals surface area contributed by atoms with Crippen molar-refractivity contribution in [3.8, 4) is 0 Å². The van der Waals surface area contributed by atoms with Crippen LogP contribution in [0.25, 0.3) is 0 Å². The number of hydrogen-bond donors (Lipinski definition) is 1. The van der Waals surface area contributed by atoms with Crippen molar-refractivity contribution in [1.82, 2.24) is 14.8 Å². The van der Waals surface area contributed by atoms with Gasteiger partial charge in [0.15, 0.2) is 0 Å². The Kier molecular flexibility index (Phi) is 7.19. The average molecular weight is 412 g/mol. The second kappa shape index (κ2) is 9.83. The Morgan fingerprint density at radius 2 is 1.77 bits per heavy atom. The Morgan fingerprint density at radius 3 is 2.43 bits per heavy atom. The minimum Gasteiger partial charge on any atom is -0.444 e. The van der Waals surface area contributed by atoms with Crippen LogP contribution in [-0.4, -0.2) is 46.7 Å². The lowest BCUT2D eigenvalue weighted by Crippen LogP contribution is -2.42. The number of aromatic nitrogens is 1. The Labute approximate surface area is 179 Å². The molecule has 2 heterocycles. The van der Waals surface area contributed by atoms with E-state index >= 15 is 0 Å². The van der Waals surface area contributed by atoms with Crippen LogP contribution >= 0.6 is 0 Å². The summed E-state index contributed by atoms with van der Waals surface area (Å²) in [6, 6.07) is 14.3. The van der Waals surface area contributed by atoms with E-state index in [4.69, 9.17) is 4.74 Å². The quantitative estimate of drug-likeness (QED) is 0.716. The van der Waals surface area contributed by atoms with Crippen LogP contribution in [0.3, 0.4) is 0 Å². The molecule has 6 nitrogen and oxygen atoms in total. The average Bonchev–Trinajstić information content (AvgIpc) is 3.21. The fourth-order valence-corrected chi connectivity index (χ4v) is 3.79. The molecule has 2 aromatic rings. The van der Waals surface area contributed by atoms with Crippen LogP contribution in [0.4, 0.5) is 4.79 Å². The number of aryl methyl sites for hydroxylation is 1. The van der Waals surface area contributed by atoms with Gasteiger partial charge in [-0.1, -0.05) is 30.3 Å². The molecule has 162 valence electrons. The first kappa shape index (κ1) is 21.9. The maximum Gasteiger partial charge on any atom is 0.410 e. The number of amides is 2. The summed E-state index contributed by atoms with van der Waals surface area (Å²) >= 11 is 0. The third-order valence-electron chi connectivity index (χ3n) is 5.29. The molecule has 2 amide bonds. The first-order chi connectivity index (χ1) is 14.3. The van der Waals surface area contributed by atoms with Crippen LogP contribution in [0.5, 0.6) is 0 Å². The van der Waals surface area contributed by atoms with E-state index in [0.29, 0.717) is 25.3 Å². The molecule has 0 saturated carbocycles. The highest BCUT2D eigenvalue weighted by molar-refractivity contribution is 5.92. The fourth-order valence-electron chi connectivity index (χ4n) is 3.79. The summed E-state index contributed by atoms with van der Waals surface area (Å²) in [7, 11) is 0. The van der Waals surface area contributed by atoms with Crippen molar-refractivity contribution in [3.63, 3.8) is 0 Å². The van der Waals surface area contributed by atoms with Gasteiger partial charge in [-0.25, -0.2) is 4.79 Å². The third-order valence-corrected chi connectivity index (χ3v) is 5.29. The molecular weight excluding hydrogens is 378 g/mol. The number of carbonyl (C=O) groups excluding carboxylic acids is 2. The topological polar surface area (TPSA) is 63.6 Å². The Hall–Kier alpha value is -2.76. The summed E-state index contributed by atoms with van der Waals surface area (Å²) in [4.78, 5) is 26.7. The maximum atomic E-state index is 12.7. The SMILES string of the molecule is CC(C)(C)OC(=O)N1CCC(n2cccc2C(=O)NCCCc2ccccc2)CC1. The number of carbonyl (C=O) groups is 2. The van der Waals surface area contributed by atoms with Gasteiger partial charge in [0.1, 0.15) is 11.3 Å². The van der Waals surface area contributed by atoms with Crippen LogP contribution < -0.4 is 5.32 Å². The van der Waals surface area contributed by atoms with Gasteiger partial charge in [0, 0.05) is 31.9 Å². The first-order valence-corrected chi connectivity index (χ1v) is 10.8. The molecule has 1 aromatic carbocycles. The highest BCUT2D eigenvalue weighted by atomic mass is 16.6. The molecule has 1 aromatic heterocycles. The van der Waals surface area contributed by atoms with Crippen LogP contribution in [0, 0.1) is 0 Å². The second-order valence-electron chi connectivity index (χ2n) is 8.84. The normalized spacial score (nSPS) is 15.1. The largest absolute Gasteiger partial charge is 0.444 e. The molecule has 1 N–H and O–H groups in total. The van der Waals surface area contributed by atoms with E-state index in [1.807, 2.05) is 57.3 Å². The standard InChI is InChI=1S/C24H33N3O3/c1-24(2,3)30-23(29)26-17-13-20(14-18-26)27-16-8-12-21(27)22(28)25-15-7-11-19-9-5-4-6-10-19/h4-6,8-10,12,16,20H,7,11,13-15,17-18H2,1-3H3,(H,25,28). The minimum absolute atomic E-state index is 0.0392. The van der Waals surface area contributed by atoms with Gasteiger partial charge in [0.2, 0.25) is 0 Å². The molecule has 0 spiro atoms. The van der Waals surface area contributed by atoms with E-state index in [9.17, 15) is 9.59 Å². The number of piperidine rings is 1. The monoisotopic (exact) mass is 411 g/mol. The van der Waals surface area contributed by atoms with Crippen molar-refractivity contribution < 1.29 is 14.3 Å². The molecule has 0 atom stereocenters. The van der Waals surface area contributed by atoms with Crippen molar-refractivity contribution >= 4 is 12.0 Å². The molecule has 1 aliphatic rings. The van der Waals surface area contributed by atoms with E-state index in [1.54, 1.807) is 4.90 Å². The molecule has 3 rings (SSSR count). The van der Waals surface area contributed by atoms with E-state index < -0.39 is 5.60 Å². The second-order valence-corrected chi connectivity index (χ2v) is 8.84. The van der Waals surface area contributed by atoms with Gasteiger partial charge >= 0.3 is 6.09 Å². The van der Waals surface area contributed by atoms with Gasteiger partial charge in [-0.3, -0.25) is 4.79 Å². The number of nitrogens with one attached hydrogen (secondary N) is 1. The van der Waals surface area contributed by atoms with E-state index in [0.717, 1.165) is 25.7 Å². The lowest BCUT2D eigenvalue weighted by Gasteiger charge is -2.34. The summed E-state index contributed by atoms with van der Waals surface area (Å²) in [6.07, 6.45) is 5.18. The maximum absolute atomic E-state index is 12.7. The molecule has 1 aliphatic heterocycles. The predicted molar refractivity (Wildman–Crippen MR) is 118 cm³/mol. The zero-order chi connectivity index (χ0) is 21.6. The van der Waals surface area contributed by atoms with Crippen LogP contribution in [-0.2, 0) is 11.2 Å². The minimum atomic E-state index is -0.486. The summed E-state index contributed by atoms with van der Waals surface area (Å²) in [5, 5.41) is 3.04. The van der Waals surface area contributed by atoms with E-state index in [2.05, 4.69) is 22.0 Å². The molecule has 1 saturated heterocycles. The van der Waals surface area contributed by atoms with Gasteiger partial charge in [-0.2, -0.15) is 0 Å². The van der Waals surface area contributed by atoms with Crippen molar-refractivity contribution in [2.45, 2.75) is 58.1 Å². The van der Waals surface area contributed by atoms with Crippen molar-refractivity contribution in [2.24, 2.45) is 0 Å². The number of likely N-dealkylation sites (tertiary alicyclic amines) is 1. The van der Waals surface area contributed by atoms with Gasteiger partial charge in [-0.05, 0) is 64.2 Å². The molecular formula is C24H33N3O3. The summed E-state index contributed by atoms with van der Waals surface area (Å²) in [6.45, 7) is 7.55. The highest BCUT2D eigenvalue weighted by Crippen LogP contribution is 2.25. The lowest BCUT2D eigenvalue weighted by molar-refractivity contribution is 0.0187. The number of ether oxygens (including phenoxy) is 1. The van der Waals surface area contributed by atoms with Gasteiger partial charge in [0.05, 0.1) is 0 Å². The number of hydrogen-bond acceptors (Lipinski definition) is 3. The van der Waals surface area contributed by atoms with Crippen LogP contribution in [0.1, 0.15) is 62.1 Å². The Morgan fingerprint density at radius 1 is 1.07 bits per heavy atom. The smallest absolute Gasteiger partial charge is 0.410 e. The molecule has 0 unspecified atom stereocenters. The lowest BCUT2D eigenvalue weighted by atomic mass is 10.0. The van der Waals surface area contributed by atoms with E-state index in [1.165, 1.54) is 5.56 Å². The van der Waals surface area contributed by atoms with Crippen LogP contribution in [0.2, 0.25) is 0 Å². The zero-order valence-corrected chi connectivity index (χ0v) is 18.3. The highest BCUT2D eigenvalue weighted by Gasteiger charge is 2.28. The first-order valence-electron chi connectivity index (χ1n) is 10.8. The Balaban J connectivity index is 1.48. The van der Waals surface area contributed by atoms with Crippen LogP contribution in [0.15, 0.2) is 48.7 Å². The van der Waals surface area contributed by atoms with Gasteiger partial charge in [0.25, 0.3) is 5.91 Å². The number of nitrogens with zero attached hydrogens (tertiary/aromatic N) is 2. The summed E-state index contributed by atoms with van der Waals surface area (Å²) < 4.78 is 7.52. The van der Waals surface area contributed by atoms with E-state index in [-0.39, 0.29) is 18.0 Å². The molecule has 6 heteroatoms. The molecule has 1 fully saturated rings. The number of benzene rings is 1. The molecule has 30 heavy (non-hydrogen) atoms. The van der Waals surface area contributed by atoms with Crippen molar-refractivity contribution in [2.75, 3.05) is 19.6 Å². The summed E-state index contributed by atoms with van der Waals surface area (Å²) in [5.41, 5.74) is 1.48. The summed E-state index contributed by atoms with van der Waals surface area (Å²) in [5.74, 6) is -0.0392. The zero-order valence-electron chi connectivity index (χ0n) is 18.3. The molecule has 0 bridgehead atoms. The fraction of sp³-hybridized carbons (Fsp3) is 0.500. The number of rotatable bonds is 6. The van der Waals surface area contributed by atoms with Gasteiger partial charge in [-0.15, -0.1) is 0 Å². The molecule has 0 radical (unpaired) electrons. The predicted octanol–water partition coefficient (Wildman–Crippen LogP) is 4.42.